The molecular weight excluding hydrogens is 412 g/mol. The van der Waals surface area contributed by atoms with Crippen LogP contribution in [0, 0.1) is 0 Å². The number of carbonyl (C=O) groups is 1. The number of benzene rings is 1. The van der Waals surface area contributed by atoms with Gasteiger partial charge in [-0.3, -0.25) is 4.79 Å². The number of para-hydroxylation sites is 1. The lowest BCUT2D eigenvalue weighted by molar-refractivity contribution is -0.137. The summed E-state index contributed by atoms with van der Waals surface area (Å²) in [5.74, 6) is -0.823. The number of rotatable bonds is 4. The molecular formula is C15H9Cl2F3N4OS. The van der Waals surface area contributed by atoms with E-state index in [1.807, 2.05) is 0 Å². The summed E-state index contributed by atoms with van der Waals surface area (Å²) in [5.41, 5.74) is -0.468. The highest BCUT2D eigenvalue weighted by molar-refractivity contribution is 7.99. The molecule has 0 unspecified atom stereocenters. The lowest BCUT2D eigenvalue weighted by atomic mass is 10.1. The van der Waals surface area contributed by atoms with E-state index in [9.17, 15) is 18.0 Å². The van der Waals surface area contributed by atoms with E-state index in [1.165, 1.54) is 18.3 Å². The number of anilines is 1. The first-order valence-corrected chi connectivity index (χ1v) is 8.78. The van der Waals surface area contributed by atoms with Crippen LogP contribution in [0.15, 0.2) is 35.6 Å². The number of halogens is 5. The predicted molar refractivity (Wildman–Crippen MR) is 94.7 cm³/mol. The highest BCUT2D eigenvalue weighted by Crippen LogP contribution is 2.38. The Labute approximate surface area is 159 Å². The number of thioether (sulfide) groups is 1. The molecule has 0 aliphatic rings. The molecule has 3 rings (SSSR count). The summed E-state index contributed by atoms with van der Waals surface area (Å²) < 4.78 is 39.1. The number of alkyl halides is 3. The number of nitrogens with one attached hydrogen (secondary N) is 2. The van der Waals surface area contributed by atoms with Crippen molar-refractivity contribution in [2.75, 3.05) is 11.1 Å². The Morgan fingerprint density at radius 1 is 1.31 bits per heavy atom. The summed E-state index contributed by atoms with van der Waals surface area (Å²) in [6.45, 7) is 0. The largest absolute Gasteiger partial charge is 0.418 e. The van der Waals surface area contributed by atoms with E-state index in [0.29, 0.717) is 21.3 Å². The van der Waals surface area contributed by atoms with Crippen LogP contribution in [0.3, 0.4) is 0 Å². The molecule has 11 heteroatoms. The number of nitrogens with zero attached hydrogens (tertiary/aromatic N) is 2. The number of aromatic nitrogens is 3. The van der Waals surface area contributed by atoms with Gasteiger partial charge in [-0.25, -0.2) is 9.97 Å². The molecule has 2 N–H and O–H groups in total. The quantitative estimate of drug-likeness (QED) is 0.581. The Morgan fingerprint density at radius 3 is 2.81 bits per heavy atom. The predicted octanol–water partition coefficient (Wildman–Crippen LogP) is 5.01. The van der Waals surface area contributed by atoms with Crippen LogP contribution in [0.2, 0.25) is 10.0 Å². The smallest absolute Gasteiger partial charge is 0.331 e. The Bertz CT molecular complexity index is 977. The summed E-state index contributed by atoms with van der Waals surface area (Å²) in [6, 6.07) is 4.92. The average molecular weight is 421 g/mol. The number of hydrogen-bond donors (Lipinski definition) is 2. The van der Waals surface area contributed by atoms with E-state index in [0.717, 1.165) is 17.8 Å². The molecule has 136 valence electrons. The van der Waals surface area contributed by atoms with Crippen LogP contribution in [0.4, 0.5) is 18.9 Å². The topological polar surface area (TPSA) is 70.7 Å². The standard InChI is InChI=1S/C15H9Cl2F3N4OS/c16-7-4-10-13(21-5-7)24-14(22-10)26-6-11(25)23-12-8(15(18,19)20)2-1-3-9(12)17/h1-5H,6H2,(H,23,25)(H,21,22,24). The normalized spacial score (nSPS) is 11.7. The number of imidazole rings is 1. The van der Waals surface area contributed by atoms with E-state index < -0.39 is 23.3 Å². The molecule has 0 aliphatic heterocycles. The second-order valence-electron chi connectivity index (χ2n) is 5.06. The van der Waals surface area contributed by atoms with Crippen LogP contribution in [-0.2, 0) is 11.0 Å². The van der Waals surface area contributed by atoms with Gasteiger partial charge in [-0.15, -0.1) is 0 Å². The van der Waals surface area contributed by atoms with Crippen molar-refractivity contribution >= 4 is 57.7 Å². The first-order chi connectivity index (χ1) is 12.2. The molecule has 0 bridgehead atoms. The summed E-state index contributed by atoms with van der Waals surface area (Å²) in [5, 5.41) is 2.83. The highest BCUT2D eigenvalue weighted by atomic mass is 35.5. The first-order valence-electron chi connectivity index (χ1n) is 7.03. The van der Waals surface area contributed by atoms with Gasteiger partial charge < -0.3 is 10.3 Å². The van der Waals surface area contributed by atoms with Gasteiger partial charge in [0.05, 0.1) is 32.6 Å². The van der Waals surface area contributed by atoms with Crippen molar-refractivity contribution in [3.63, 3.8) is 0 Å². The Kier molecular flexibility index (Phi) is 5.31. The van der Waals surface area contributed by atoms with Crippen molar-refractivity contribution in [1.82, 2.24) is 15.0 Å². The molecule has 26 heavy (non-hydrogen) atoms. The van der Waals surface area contributed by atoms with E-state index in [2.05, 4.69) is 20.3 Å². The third-order valence-electron chi connectivity index (χ3n) is 3.21. The van der Waals surface area contributed by atoms with Gasteiger partial charge in [-0.2, -0.15) is 13.2 Å². The maximum Gasteiger partial charge on any atom is 0.418 e. The molecule has 1 amide bonds. The van der Waals surface area contributed by atoms with E-state index in [4.69, 9.17) is 23.2 Å². The van der Waals surface area contributed by atoms with Crippen molar-refractivity contribution < 1.29 is 18.0 Å². The van der Waals surface area contributed by atoms with Crippen molar-refractivity contribution in [2.24, 2.45) is 0 Å². The van der Waals surface area contributed by atoms with Gasteiger partial charge in [-0.1, -0.05) is 41.0 Å². The number of H-pyrrole nitrogens is 1. The third-order valence-corrected chi connectivity index (χ3v) is 4.60. The molecule has 5 nitrogen and oxygen atoms in total. The minimum Gasteiger partial charge on any atom is -0.331 e. The minimum absolute atomic E-state index is 0.171. The molecule has 0 fully saturated rings. The molecule has 3 aromatic rings. The monoisotopic (exact) mass is 420 g/mol. The molecule has 0 saturated heterocycles. The van der Waals surface area contributed by atoms with Gasteiger partial charge in [0.1, 0.15) is 0 Å². The molecule has 2 aromatic heterocycles. The Morgan fingerprint density at radius 2 is 2.08 bits per heavy atom. The van der Waals surface area contributed by atoms with Gasteiger partial charge in [-0.05, 0) is 18.2 Å². The summed E-state index contributed by atoms with van der Waals surface area (Å²) in [6.07, 6.45) is -3.20. The summed E-state index contributed by atoms with van der Waals surface area (Å²) in [4.78, 5) is 23.1. The molecule has 1 aromatic carbocycles. The van der Waals surface area contributed by atoms with Crippen LogP contribution >= 0.6 is 35.0 Å². The lowest BCUT2D eigenvalue weighted by Crippen LogP contribution is -2.18. The van der Waals surface area contributed by atoms with Crippen molar-refractivity contribution in [2.45, 2.75) is 11.3 Å². The van der Waals surface area contributed by atoms with Gasteiger partial charge in [0.25, 0.3) is 0 Å². The number of pyridine rings is 1. The Balaban J connectivity index is 1.71. The number of aromatic amines is 1. The molecule has 2 heterocycles. The first kappa shape index (κ1) is 18.8. The van der Waals surface area contributed by atoms with Crippen LogP contribution in [0.1, 0.15) is 5.56 Å². The van der Waals surface area contributed by atoms with Crippen molar-refractivity contribution in [3.05, 3.63) is 46.1 Å². The lowest BCUT2D eigenvalue weighted by Gasteiger charge is -2.14. The number of hydrogen-bond acceptors (Lipinski definition) is 4. The zero-order valence-electron chi connectivity index (χ0n) is 12.7. The minimum atomic E-state index is -4.63. The van der Waals surface area contributed by atoms with Crippen LogP contribution in [-0.4, -0.2) is 26.6 Å². The molecule has 0 radical (unpaired) electrons. The third kappa shape index (κ3) is 4.22. The fourth-order valence-electron chi connectivity index (χ4n) is 2.12. The summed E-state index contributed by atoms with van der Waals surface area (Å²) in [7, 11) is 0. The molecule has 0 saturated carbocycles. The Hall–Kier alpha value is -1.97. The van der Waals surface area contributed by atoms with Gasteiger partial charge in [0, 0.05) is 6.20 Å². The number of amides is 1. The van der Waals surface area contributed by atoms with Gasteiger partial charge in [0.15, 0.2) is 10.8 Å². The van der Waals surface area contributed by atoms with Gasteiger partial charge >= 0.3 is 6.18 Å². The van der Waals surface area contributed by atoms with E-state index in [1.54, 1.807) is 6.07 Å². The second kappa shape index (κ2) is 7.34. The SMILES string of the molecule is O=C(CSc1nc2ncc(Cl)cc2[nH]1)Nc1c(Cl)cccc1C(F)(F)F. The molecule has 0 aliphatic carbocycles. The van der Waals surface area contributed by atoms with Crippen LogP contribution in [0.5, 0.6) is 0 Å². The van der Waals surface area contributed by atoms with E-state index in [-0.39, 0.29) is 10.8 Å². The number of carbonyl (C=O) groups excluding carboxylic acids is 1. The zero-order valence-corrected chi connectivity index (χ0v) is 15.0. The summed E-state index contributed by atoms with van der Waals surface area (Å²) >= 11 is 12.6. The second-order valence-corrected chi connectivity index (χ2v) is 6.87. The maximum absolute atomic E-state index is 13.0. The fourth-order valence-corrected chi connectivity index (χ4v) is 3.17. The van der Waals surface area contributed by atoms with Crippen molar-refractivity contribution in [3.8, 4) is 0 Å². The number of fused-ring (bicyclic) bond motifs is 1. The van der Waals surface area contributed by atoms with Crippen LogP contribution in [0.25, 0.3) is 11.2 Å². The zero-order chi connectivity index (χ0) is 18.9. The van der Waals surface area contributed by atoms with Crippen molar-refractivity contribution in [1.29, 1.82) is 0 Å². The highest BCUT2D eigenvalue weighted by Gasteiger charge is 2.34. The molecule has 0 atom stereocenters. The average Bonchev–Trinajstić information content (AvgIpc) is 2.95. The fraction of sp³-hybridized carbons (Fsp3) is 0.133. The van der Waals surface area contributed by atoms with Gasteiger partial charge in [0.2, 0.25) is 5.91 Å². The van der Waals surface area contributed by atoms with Crippen LogP contribution < -0.4 is 5.32 Å². The maximum atomic E-state index is 13.0. The molecule has 0 spiro atoms. The van der Waals surface area contributed by atoms with E-state index >= 15 is 0 Å².